The first-order valence-corrected chi connectivity index (χ1v) is 10.7. The Kier molecular flexibility index (Phi) is 6.40. The lowest BCUT2D eigenvalue weighted by atomic mass is 10.2. The molecule has 0 aliphatic rings. The van der Waals surface area contributed by atoms with Gasteiger partial charge in [-0.15, -0.1) is 0 Å². The van der Waals surface area contributed by atoms with Gasteiger partial charge in [-0.05, 0) is 32.4 Å². The lowest BCUT2D eigenvalue weighted by Gasteiger charge is -2.10. The molecule has 0 fully saturated rings. The molecule has 0 saturated heterocycles. The van der Waals surface area contributed by atoms with Gasteiger partial charge in [-0.25, -0.2) is 28.1 Å². The molecule has 29 heavy (non-hydrogen) atoms. The standard InChI is InChI=1S/C20H24N6O2S/c1-15-4-6-18(7-5-15)8-13-29(27,28)23-10-9-22-19-14-20(25-16(2)24-19)26-12-11-21-17(26)3/h4-8,11-14,23H,9-10H2,1-3H3,(H,22,24,25)/b13-8+. The molecular weight excluding hydrogens is 388 g/mol. The number of sulfonamides is 1. The number of rotatable bonds is 8. The number of benzene rings is 1. The average Bonchev–Trinajstić information content (AvgIpc) is 3.10. The number of aryl methyl sites for hydroxylation is 3. The van der Waals surface area contributed by atoms with Crippen LogP contribution in [0.3, 0.4) is 0 Å². The van der Waals surface area contributed by atoms with Crippen LogP contribution in [0, 0.1) is 20.8 Å². The van der Waals surface area contributed by atoms with E-state index in [-0.39, 0.29) is 6.54 Å². The smallest absolute Gasteiger partial charge is 0.233 e. The fourth-order valence-corrected chi connectivity index (χ4v) is 3.48. The van der Waals surface area contributed by atoms with Crippen LogP contribution in [0.1, 0.15) is 22.8 Å². The summed E-state index contributed by atoms with van der Waals surface area (Å²) < 4.78 is 28.6. The summed E-state index contributed by atoms with van der Waals surface area (Å²) in [4.78, 5) is 13.0. The molecule has 0 spiro atoms. The minimum absolute atomic E-state index is 0.225. The Labute approximate surface area is 170 Å². The number of hydrogen-bond acceptors (Lipinski definition) is 6. The third-order valence-corrected chi connectivity index (χ3v) is 5.25. The predicted octanol–water partition coefficient (Wildman–Crippen LogP) is 2.59. The summed E-state index contributed by atoms with van der Waals surface area (Å²) in [6.45, 7) is 6.29. The Balaban J connectivity index is 1.55. The van der Waals surface area contributed by atoms with Crippen molar-refractivity contribution in [3.05, 3.63) is 70.9 Å². The zero-order chi connectivity index (χ0) is 20.9. The predicted molar refractivity (Wildman–Crippen MR) is 114 cm³/mol. The lowest BCUT2D eigenvalue weighted by Crippen LogP contribution is -2.27. The molecule has 2 N–H and O–H groups in total. The van der Waals surface area contributed by atoms with E-state index in [1.54, 1.807) is 25.3 Å². The van der Waals surface area contributed by atoms with Crippen LogP contribution in [-0.2, 0) is 10.0 Å². The third-order valence-electron chi connectivity index (χ3n) is 4.15. The van der Waals surface area contributed by atoms with Gasteiger partial charge in [0.15, 0.2) is 0 Å². The topological polar surface area (TPSA) is 102 Å². The Hall–Kier alpha value is -3.04. The third kappa shape index (κ3) is 5.97. The van der Waals surface area contributed by atoms with Gasteiger partial charge in [0.1, 0.15) is 23.3 Å². The van der Waals surface area contributed by atoms with Gasteiger partial charge in [0.2, 0.25) is 10.0 Å². The van der Waals surface area contributed by atoms with Gasteiger partial charge >= 0.3 is 0 Å². The Bertz CT molecular complexity index is 1100. The first kappa shape index (κ1) is 20.7. The quantitative estimate of drug-likeness (QED) is 0.552. The Morgan fingerprint density at radius 2 is 1.83 bits per heavy atom. The molecule has 0 aliphatic carbocycles. The first-order chi connectivity index (χ1) is 13.8. The zero-order valence-electron chi connectivity index (χ0n) is 16.6. The summed E-state index contributed by atoms with van der Waals surface area (Å²) in [5.74, 6) is 2.76. The summed E-state index contributed by atoms with van der Waals surface area (Å²) in [7, 11) is -3.52. The molecular formula is C20H24N6O2S. The van der Waals surface area contributed by atoms with E-state index < -0.39 is 10.0 Å². The Morgan fingerprint density at radius 3 is 2.52 bits per heavy atom. The van der Waals surface area contributed by atoms with E-state index in [1.807, 2.05) is 48.9 Å². The average molecular weight is 413 g/mol. The second-order valence-corrected chi connectivity index (χ2v) is 8.23. The van der Waals surface area contributed by atoms with Crippen LogP contribution in [0.15, 0.2) is 48.1 Å². The van der Waals surface area contributed by atoms with Gasteiger partial charge < -0.3 is 5.32 Å². The molecule has 1 aromatic carbocycles. The van der Waals surface area contributed by atoms with Crippen LogP contribution in [0.2, 0.25) is 0 Å². The summed E-state index contributed by atoms with van der Waals surface area (Å²) in [6.07, 6.45) is 5.11. The molecule has 152 valence electrons. The van der Waals surface area contributed by atoms with Gasteiger partial charge in [-0.2, -0.15) is 0 Å². The highest BCUT2D eigenvalue weighted by Gasteiger charge is 2.07. The van der Waals surface area contributed by atoms with Crippen LogP contribution in [0.5, 0.6) is 0 Å². The van der Waals surface area contributed by atoms with Crippen LogP contribution in [-0.4, -0.2) is 41.0 Å². The first-order valence-electron chi connectivity index (χ1n) is 9.17. The van der Waals surface area contributed by atoms with E-state index in [9.17, 15) is 8.42 Å². The highest BCUT2D eigenvalue weighted by atomic mass is 32.2. The molecule has 0 atom stereocenters. The fourth-order valence-electron chi connectivity index (χ4n) is 2.66. The van der Waals surface area contributed by atoms with Gasteiger partial charge in [-0.3, -0.25) is 4.57 Å². The van der Waals surface area contributed by atoms with E-state index in [4.69, 9.17) is 0 Å². The van der Waals surface area contributed by atoms with E-state index in [2.05, 4.69) is 25.0 Å². The van der Waals surface area contributed by atoms with Gasteiger partial charge in [0.25, 0.3) is 0 Å². The zero-order valence-corrected chi connectivity index (χ0v) is 17.4. The molecule has 8 nitrogen and oxygen atoms in total. The number of nitrogens with one attached hydrogen (secondary N) is 2. The second-order valence-electron chi connectivity index (χ2n) is 6.58. The van der Waals surface area contributed by atoms with Crippen molar-refractivity contribution in [1.29, 1.82) is 0 Å². The van der Waals surface area contributed by atoms with Gasteiger partial charge in [-0.1, -0.05) is 29.8 Å². The fraction of sp³-hybridized carbons (Fsp3) is 0.250. The molecule has 0 amide bonds. The maximum absolute atomic E-state index is 12.1. The Morgan fingerprint density at radius 1 is 1.07 bits per heavy atom. The molecule has 2 heterocycles. The van der Waals surface area contributed by atoms with E-state index in [1.165, 1.54) is 5.41 Å². The monoisotopic (exact) mass is 412 g/mol. The molecule has 9 heteroatoms. The van der Waals surface area contributed by atoms with Crippen LogP contribution < -0.4 is 10.0 Å². The van der Waals surface area contributed by atoms with Crippen LogP contribution in [0.25, 0.3) is 11.9 Å². The van der Waals surface area contributed by atoms with Gasteiger partial charge in [0.05, 0.1) is 0 Å². The van der Waals surface area contributed by atoms with Crippen molar-refractivity contribution in [2.24, 2.45) is 0 Å². The number of hydrogen-bond donors (Lipinski definition) is 2. The molecule has 3 rings (SSSR count). The number of aromatic nitrogens is 4. The van der Waals surface area contributed by atoms with E-state index in [0.29, 0.717) is 24.0 Å². The normalized spacial score (nSPS) is 11.8. The minimum atomic E-state index is -3.52. The highest BCUT2D eigenvalue weighted by Crippen LogP contribution is 2.12. The number of anilines is 1. The van der Waals surface area contributed by atoms with Crippen molar-refractivity contribution >= 4 is 21.9 Å². The van der Waals surface area contributed by atoms with E-state index >= 15 is 0 Å². The van der Waals surface area contributed by atoms with Crippen LogP contribution >= 0.6 is 0 Å². The number of nitrogens with zero attached hydrogens (tertiary/aromatic N) is 4. The maximum Gasteiger partial charge on any atom is 0.233 e. The lowest BCUT2D eigenvalue weighted by molar-refractivity contribution is 0.592. The highest BCUT2D eigenvalue weighted by molar-refractivity contribution is 7.92. The molecule has 2 aromatic heterocycles. The van der Waals surface area contributed by atoms with Crippen molar-refractivity contribution in [2.45, 2.75) is 20.8 Å². The molecule has 0 saturated carbocycles. The van der Waals surface area contributed by atoms with Crippen LogP contribution in [0.4, 0.5) is 5.82 Å². The second kappa shape index (κ2) is 8.97. The summed E-state index contributed by atoms with van der Waals surface area (Å²) in [6, 6.07) is 9.42. The largest absolute Gasteiger partial charge is 0.369 e. The summed E-state index contributed by atoms with van der Waals surface area (Å²) in [5.41, 5.74) is 1.96. The SMILES string of the molecule is Cc1ccc(/C=C/S(=O)(=O)NCCNc2cc(-n3ccnc3C)nc(C)n2)cc1. The van der Waals surface area contributed by atoms with Crippen molar-refractivity contribution in [3.8, 4) is 5.82 Å². The van der Waals surface area contributed by atoms with E-state index in [0.717, 1.165) is 17.0 Å². The van der Waals surface area contributed by atoms with Crippen molar-refractivity contribution in [1.82, 2.24) is 24.2 Å². The van der Waals surface area contributed by atoms with Crippen molar-refractivity contribution in [2.75, 3.05) is 18.4 Å². The summed E-state index contributed by atoms with van der Waals surface area (Å²) >= 11 is 0. The number of imidazole rings is 1. The summed E-state index contributed by atoms with van der Waals surface area (Å²) in [5, 5.41) is 4.30. The minimum Gasteiger partial charge on any atom is -0.369 e. The molecule has 0 bridgehead atoms. The molecule has 0 unspecified atom stereocenters. The molecule has 0 radical (unpaired) electrons. The molecule has 0 aliphatic heterocycles. The molecule has 3 aromatic rings. The van der Waals surface area contributed by atoms with Gasteiger partial charge in [0, 0.05) is 37.0 Å². The van der Waals surface area contributed by atoms with Crippen molar-refractivity contribution in [3.63, 3.8) is 0 Å². The van der Waals surface area contributed by atoms with Crippen molar-refractivity contribution < 1.29 is 8.42 Å². The maximum atomic E-state index is 12.1.